The van der Waals surface area contributed by atoms with E-state index in [-0.39, 0.29) is 0 Å². The van der Waals surface area contributed by atoms with Crippen molar-refractivity contribution in [1.29, 1.82) is 0 Å². The van der Waals surface area contributed by atoms with Crippen LogP contribution in [0.3, 0.4) is 0 Å². The Hall–Kier alpha value is -1.72. The van der Waals surface area contributed by atoms with Crippen molar-refractivity contribution in [2.45, 2.75) is 19.2 Å². The molecule has 0 aliphatic carbocycles. The molecule has 0 bridgehead atoms. The van der Waals surface area contributed by atoms with Crippen LogP contribution >= 0.6 is 22.9 Å². The quantitative estimate of drug-likeness (QED) is 0.649. The summed E-state index contributed by atoms with van der Waals surface area (Å²) < 4.78 is 13.3. The first kappa shape index (κ1) is 14.2. The van der Waals surface area contributed by atoms with Crippen LogP contribution in [0.1, 0.15) is 18.2 Å². The molecule has 2 aromatic heterocycles. The minimum Gasteiger partial charge on any atom is -0.493 e. The normalized spacial score (nSPS) is 11.0. The summed E-state index contributed by atoms with van der Waals surface area (Å²) in [7, 11) is 1.63. The lowest BCUT2D eigenvalue weighted by Crippen LogP contribution is -1.95. The Bertz CT molecular complexity index is 766. The molecule has 0 aliphatic heterocycles. The summed E-state index contributed by atoms with van der Waals surface area (Å²) >= 11 is 7.58. The van der Waals surface area contributed by atoms with Crippen molar-refractivity contribution in [2.24, 2.45) is 0 Å². The molecular formula is C15H15ClN2O2S. The third kappa shape index (κ3) is 2.59. The molecule has 0 radical (unpaired) electrons. The van der Waals surface area contributed by atoms with E-state index in [0.717, 1.165) is 17.1 Å². The summed E-state index contributed by atoms with van der Waals surface area (Å²) in [5.41, 5.74) is 2.04. The van der Waals surface area contributed by atoms with Crippen molar-refractivity contribution >= 4 is 27.9 Å². The molecular weight excluding hydrogens is 308 g/mol. The Morgan fingerprint density at radius 1 is 1.33 bits per heavy atom. The fourth-order valence-corrected chi connectivity index (χ4v) is 3.10. The van der Waals surface area contributed by atoms with Crippen molar-refractivity contribution in [2.75, 3.05) is 7.11 Å². The first-order valence-corrected chi connectivity index (χ1v) is 8.03. The van der Waals surface area contributed by atoms with E-state index in [2.05, 4.69) is 11.9 Å². The van der Waals surface area contributed by atoms with Gasteiger partial charge in [0.2, 0.25) is 5.88 Å². The SMILES string of the molecule is CCc1ccc(Oc2nc3sccn3c2CCl)c(OC)c1. The van der Waals surface area contributed by atoms with Gasteiger partial charge < -0.3 is 9.47 Å². The molecule has 21 heavy (non-hydrogen) atoms. The molecule has 0 aliphatic rings. The third-order valence-electron chi connectivity index (χ3n) is 3.29. The summed E-state index contributed by atoms with van der Waals surface area (Å²) in [4.78, 5) is 5.34. The van der Waals surface area contributed by atoms with Gasteiger partial charge in [0, 0.05) is 11.6 Å². The van der Waals surface area contributed by atoms with Gasteiger partial charge in [-0.25, -0.2) is 0 Å². The monoisotopic (exact) mass is 322 g/mol. The number of thiazole rings is 1. The van der Waals surface area contributed by atoms with Crippen molar-refractivity contribution in [1.82, 2.24) is 9.38 Å². The lowest BCUT2D eigenvalue weighted by molar-refractivity contribution is 0.373. The van der Waals surface area contributed by atoms with Gasteiger partial charge in [0.15, 0.2) is 16.5 Å². The zero-order valence-corrected chi connectivity index (χ0v) is 13.4. The molecule has 3 aromatic rings. The van der Waals surface area contributed by atoms with Crippen molar-refractivity contribution in [3.05, 3.63) is 41.0 Å². The molecule has 1 aromatic carbocycles. The molecule has 0 amide bonds. The number of fused-ring (bicyclic) bond motifs is 1. The standard InChI is InChI=1S/C15H15ClN2O2S/c1-3-10-4-5-12(13(8-10)19-2)20-14-11(9-16)18-6-7-21-15(18)17-14/h4-8H,3,9H2,1-2H3. The molecule has 4 nitrogen and oxygen atoms in total. The van der Waals surface area contributed by atoms with Gasteiger partial charge in [0.05, 0.1) is 13.0 Å². The number of aryl methyl sites for hydroxylation is 1. The molecule has 0 saturated carbocycles. The fourth-order valence-electron chi connectivity index (χ4n) is 2.14. The number of hydrogen-bond donors (Lipinski definition) is 0. The number of aromatic nitrogens is 2. The van der Waals surface area contributed by atoms with Crippen LogP contribution in [-0.2, 0) is 12.3 Å². The van der Waals surface area contributed by atoms with Gasteiger partial charge in [-0.2, -0.15) is 4.98 Å². The number of benzene rings is 1. The number of rotatable bonds is 5. The lowest BCUT2D eigenvalue weighted by Gasteiger charge is -2.10. The van der Waals surface area contributed by atoms with Gasteiger partial charge in [-0.1, -0.05) is 13.0 Å². The van der Waals surface area contributed by atoms with Gasteiger partial charge in [-0.15, -0.1) is 22.9 Å². The van der Waals surface area contributed by atoms with E-state index in [1.807, 2.05) is 34.2 Å². The van der Waals surface area contributed by atoms with Crippen molar-refractivity contribution < 1.29 is 9.47 Å². The topological polar surface area (TPSA) is 35.8 Å². The smallest absolute Gasteiger partial charge is 0.243 e. The first-order chi connectivity index (χ1) is 10.3. The predicted octanol–water partition coefficient (Wildman–Crippen LogP) is 4.50. The Kier molecular flexibility index (Phi) is 4.03. The summed E-state index contributed by atoms with van der Waals surface area (Å²) in [5.74, 6) is 2.21. The second-order valence-corrected chi connectivity index (χ2v) is 5.63. The lowest BCUT2D eigenvalue weighted by atomic mass is 10.1. The Morgan fingerprint density at radius 3 is 2.90 bits per heavy atom. The highest BCUT2D eigenvalue weighted by molar-refractivity contribution is 7.15. The molecule has 0 spiro atoms. The number of methoxy groups -OCH3 is 1. The van der Waals surface area contributed by atoms with Crippen LogP contribution in [0.4, 0.5) is 0 Å². The van der Waals surface area contributed by atoms with Gasteiger partial charge in [-0.05, 0) is 24.1 Å². The van der Waals surface area contributed by atoms with E-state index in [1.54, 1.807) is 18.4 Å². The van der Waals surface area contributed by atoms with E-state index in [1.165, 1.54) is 5.56 Å². The van der Waals surface area contributed by atoms with Crippen LogP contribution in [0.15, 0.2) is 29.8 Å². The molecule has 0 fully saturated rings. The summed E-state index contributed by atoms with van der Waals surface area (Å²) in [6.07, 6.45) is 2.89. The Labute approximate surface area is 131 Å². The zero-order chi connectivity index (χ0) is 14.8. The van der Waals surface area contributed by atoms with E-state index in [0.29, 0.717) is 23.3 Å². The van der Waals surface area contributed by atoms with Crippen molar-refractivity contribution in [3.8, 4) is 17.4 Å². The minimum absolute atomic E-state index is 0.336. The number of nitrogens with zero attached hydrogens (tertiary/aromatic N) is 2. The fraction of sp³-hybridized carbons (Fsp3) is 0.267. The molecule has 0 N–H and O–H groups in total. The third-order valence-corrected chi connectivity index (χ3v) is 4.30. The summed E-state index contributed by atoms with van der Waals surface area (Å²) in [6, 6.07) is 5.91. The van der Waals surface area contributed by atoms with Crippen LogP contribution in [0.25, 0.3) is 4.96 Å². The number of alkyl halides is 1. The largest absolute Gasteiger partial charge is 0.493 e. The second-order valence-electron chi connectivity index (χ2n) is 4.49. The number of halogens is 1. The van der Waals surface area contributed by atoms with Gasteiger partial charge in [0.25, 0.3) is 0 Å². The second kappa shape index (κ2) is 5.95. The maximum absolute atomic E-state index is 6.03. The van der Waals surface area contributed by atoms with Gasteiger partial charge in [-0.3, -0.25) is 4.40 Å². The molecule has 3 rings (SSSR count). The maximum Gasteiger partial charge on any atom is 0.243 e. The average Bonchev–Trinajstić information content (AvgIpc) is 3.08. The molecule has 0 atom stereocenters. The number of hydrogen-bond acceptors (Lipinski definition) is 4. The molecule has 6 heteroatoms. The summed E-state index contributed by atoms with van der Waals surface area (Å²) in [6.45, 7) is 2.10. The highest BCUT2D eigenvalue weighted by Gasteiger charge is 2.16. The maximum atomic E-state index is 6.03. The minimum atomic E-state index is 0.336. The van der Waals surface area contributed by atoms with Crippen LogP contribution in [-0.4, -0.2) is 16.5 Å². The first-order valence-electron chi connectivity index (χ1n) is 6.62. The molecule has 110 valence electrons. The van der Waals surface area contributed by atoms with Crippen LogP contribution in [0.2, 0.25) is 0 Å². The van der Waals surface area contributed by atoms with E-state index in [9.17, 15) is 0 Å². The highest BCUT2D eigenvalue weighted by Crippen LogP contribution is 2.35. The van der Waals surface area contributed by atoms with Gasteiger partial charge >= 0.3 is 0 Å². The molecule has 0 unspecified atom stereocenters. The van der Waals surface area contributed by atoms with Crippen molar-refractivity contribution in [3.63, 3.8) is 0 Å². The Morgan fingerprint density at radius 2 is 2.19 bits per heavy atom. The predicted molar refractivity (Wildman–Crippen MR) is 85.1 cm³/mol. The average molecular weight is 323 g/mol. The molecule has 2 heterocycles. The zero-order valence-electron chi connectivity index (χ0n) is 11.8. The summed E-state index contributed by atoms with van der Waals surface area (Å²) in [5, 5.41) is 1.97. The Balaban J connectivity index is 1.99. The number of ether oxygens (including phenoxy) is 2. The highest BCUT2D eigenvalue weighted by atomic mass is 35.5. The number of imidazole rings is 1. The van der Waals surface area contributed by atoms with E-state index < -0.39 is 0 Å². The molecule has 0 saturated heterocycles. The van der Waals surface area contributed by atoms with E-state index in [4.69, 9.17) is 21.1 Å². The van der Waals surface area contributed by atoms with Crippen LogP contribution < -0.4 is 9.47 Å². The van der Waals surface area contributed by atoms with E-state index >= 15 is 0 Å². The van der Waals surface area contributed by atoms with Crippen LogP contribution in [0, 0.1) is 0 Å². The van der Waals surface area contributed by atoms with Crippen LogP contribution in [0.5, 0.6) is 17.4 Å². The van der Waals surface area contributed by atoms with Gasteiger partial charge in [0.1, 0.15) is 5.69 Å².